The van der Waals surface area contributed by atoms with Gasteiger partial charge in [0.1, 0.15) is 6.61 Å². The molecule has 41 valence electrons. The molecule has 0 aromatic rings. The molecule has 0 spiro atoms. The van der Waals surface area contributed by atoms with Crippen LogP contribution in [-0.4, -0.2) is 17.8 Å². The molecule has 0 heterocycles. The van der Waals surface area contributed by atoms with Crippen molar-refractivity contribution in [2.75, 3.05) is 6.61 Å². The Morgan fingerprint density at radius 3 is 2.57 bits per heavy atom. The second kappa shape index (κ2) is 3.68. The van der Waals surface area contributed by atoms with Gasteiger partial charge >= 0.3 is 0 Å². The van der Waals surface area contributed by atoms with E-state index >= 15 is 0 Å². The van der Waals surface area contributed by atoms with E-state index in [1.165, 1.54) is 6.26 Å². The summed E-state index contributed by atoms with van der Waals surface area (Å²) in [6, 6.07) is 0. The van der Waals surface area contributed by atoms with E-state index in [1.807, 2.05) is 0 Å². The predicted octanol–water partition coefficient (Wildman–Crippen LogP) is 0.341. The smallest absolute Gasteiger partial charge is 0.113 e. The minimum atomic E-state index is -0.641. The first-order chi connectivity index (χ1) is 3.27. The molecule has 2 nitrogen and oxygen atoms in total. The minimum absolute atomic E-state index is 0.226. The molecule has 0 aromatic heterocycles. The van der Waals surface area contributed by atoms with E-state index < -0.39 is 6.10 Å². The number of ether oxygens (including phenoxy) is 1. The Hall–Kier alpha value is -0.500. The Morgan fingerprint density at radius 1 is 1.86 bits per heavy atom. The lowest BCUT2D eigenvalue weighted by Crippen LogP contribution is -2.07. The van der Waals surface area contributed by atoms with Gasteiger partial charge in [-0.15, -0.1) is 0 Å². The van der Waals surface area contributed by atoms with Gasteiger partial charge in [0, 0.05) is 0 Å². The molecule has 2 heteroatoms. The number of aliphatic hydroxyl groups is 1. The molecule has 0 amide bonds. The van der Waals surface area contributed by atoms with Crippen LogP contribution in [0.1, 0.15) is 0 Å². The lowest BCUT2D eigenvalue weighted by molar-refractivity contribution is 0.115. The molecule has 0 fully saturated rings. The van der Waals surface area contributed by atoms with Crippen molar-refractivity contribution in [2.45, 2.75) is 6.10 Å². The Labute approximate surface area is 43.4 Å². The van der Waals surface area contributed by atoms with Crippen molar-refractivity contribution in [3.63, 3.8) is 0 Å². The van der Waals surface area contributed by atoms with E-state index in [-0.39, 0.29) is 6.61 Å². The zero-order valence-electron chi connectivity index (χ0n) is 4.13. The van der Waals surface area contributed by atoms with Crippen LogP contribution >= 0.6 is 0 Å². The van der Waals surface area contributed by atoms with Crippen molar-refractivity contribution in [3.05, 3.63) is 19.8 Å². The molecule has 1 N–H and O–H groups in total. The van der Waals surface area contributed by atoms with Crippen LogP contribution in [0.25, 0.3) is 0 Å². The first kappa shape index (κ1) is 6.50. The van der Waals surface area contributed by atoms with Crippen molar-refractivity contribution < 1.29 is 9.84 Å². The highest BCUT2D eigenvalue weighted by Crippen LogP contribution is 1.79. The summed E-state index contributed by atoms with van der Waals surface area (Å²) in [5.74, 6) is 0. The van der Waals surface area contributed by atoms with E-state index in [2.05, 4.69) is 18.2 Å². The summed E-state index contributed by atoms with van der Waals surface area (Å²) < 4.78 is 4.55. The van der Waals surface area contributed by atoms with E-state index in [4.69, 9.17) is 5.11 Å². The molecule has 1 radical (unpaired) electrons. The van der Waals surface area contributed by atoms with Crippen LogP contribution in [-0.2, 0) is 4.74 Å². The van der Waals surface area contributed by atoms with E-state index in [1.54, 1.807) is 0 Å². The molecular formula is C5H9O2. The number of hydrogen-bond acceptors (Lipinski definition) is 2. The molecule has 0 bridgehead atoms. The van der Waals surface area contributed by atoms with Gasteiger partial charge < -0.3 is 9.84 Å². The highest BCUT2D eigenvalue weighted by molar-refractivity contribution is 4.57. The Kier molecular flexibility index (Phi) is 3.42. The van der Waals surface area contributed by atoms with E-state index in [0.717, 1.165) is 0 Å². The standard InChI is InChI=1S/C5H9O2/c1-3-7-4-5(2)6/h3,5-6H,1-2,4H2. The molecule has 0 saturated heterocycles. The monoisotopic (exact) mass is 101 g/mol. The molecule has 0 saturated carbocycles. The predicted molar refractivity (Wildman–Crippen MR) is 27.5 cm³/mol. The molecule has 1 atom stereocenters. The second-order valence-corrected chi connectivity index (χ2v) is 1.15. The van der Waals surface area contributed by atoms with Gasteiger partial charge in [-0.25, -0.2) is 0 Å². The maximum atomic E-state index is 8.40. The minimum Gasteiger partial charge on any atom is -0.499 e. The molecule has 0 aromatic carbocycles. The summed E-state index contributed by atoms with van der Waals surface area (Å²) in [4.78, 5) is 0. The third-order valence-electron chi connectivity index (χ3n) is 0.406. The van der Waals surface area contributed by atoms with Crippen LogP contribution in [0.4, 0.5) is 0 Å². The lowest BCUT2D eigenvalue weighted by Gasteiger charge is -1.99. The average Bonchev–Trinajstić information content (AvgIpc) is 1.61. The molecular weight excluding hydrogens is 92.1 g/mol. The zero-order chi connectivity index (χ0) is 5.70. The fraction of sp³-hybridized carbons (Fsp3) is 0.400. The topological polar surface area (TPSA) is 29.5 Å². The molecule has 0 aliphatic carbocycles. The lowest BCUT2D eigenvalue weighted by atomic mass is 10.5. The number of aliphatic hydroxyl groups excluding tert-OH is 1. The van der Waals surface area contributed by atoms with Crippen LogP contribution in [0.5, 0.6) is 0 Å². The highest BCUT2D eigenvalue weighted by Gasteiger charge is 1.89. The molecule has 0 aliphatic rings. The maximum absolute atomic E-state index is 8.40. The highest BCUT2D eigenvalue weighted by atomic mass is 16.5. The molecule has 0 rings (SSSR count). The summed E-state index contributed by atoms with van der Waals surface area (Å²) in [5.41, 5.74) is 0. The van der Waals surface area contributed by atoms with Gasteiger partial charge in [-0.2, -0.15) is 0 Å². The van der Waals surface area contributed by atoms with Crippen LogP contribution in [0.15, 0.2) is 12.8 Å². The summed E-state index contributed by atoms with van der Waals surface area (Å²) in [6.07, 6.45) is 0.631. The maximum Gasteiger partial charge on any atom is 0.113 e. The Bertz CT molecular complexity index is 50.0. The van der Waals surface area contributed by atoms with Gasteiger partial charge in [-0.05, 0) is 6.92 Å². The van der Waals surface area contributed by atoms with E-state index in [9.17, 15) is 0 Å². The van der Waals surface area contributed by atoms with Gasteiger partial charge in [-0.1, -0.05) is 6.58 Å². The third-order valence-corrected chi connectivity index (χ3v) is 0.406. The van der Waals surface area contributed by atoms with E-state index in [0.29, 0.717) is 0 Å². The van der Waals surface area contributed by atoms with Crippen molar-refractivity contribution in [1.29, 1.82) is 0 Å². The fourth-order valence-corrected chi connectivity index (χ4v) is 0.179. The third kappa shape index (κ3) is 5.50. The van der Waals surface area contributed by atoms with Gasteiger partial charge in [-0.3, -0.25) is 0 Å². The largest absolute Gasteiger partial charge is 0.499 e. The van der Waals surface area contributed by atoms with Crippen molar-refractivity contribution >= 4 is 0 Å². The van der Waals surface area contributed by atoms with Crippen molar-refractivity contribution in [2.24, 2.45) is 0 Å². The first-order valence-corrected chi connectivity index (χ1v) is 2.01. The number of hydrogen-bond donors (Lipinski definition) is 1. The Balaban J connectivity index is 2.81. The summed E-state index contributed by atoms with van der Waals surface area (Å²) >= 11 is 0. The normalized spacial score (nSPS) is 12.9. The summed E-state index contributed by atoms with van der Waals surface area (Å²) in [5, 5.41) is 8.40. The zero-order valence-corrected chi connectivity index (χ0v) is 4.13. The SMILES string of the molecule is [CH2]C(O)COC=C. The van der Waals surface area contributed by atoms with Crippen LogP contribution in [0.2, 0.25) is 0 Å². The van der Waals surface area contributed by atoms with Gasteiger partial charge in [0.15, 0.2) is 0 Å². The second-order valence-electron chi connectivity index (χ2n) is 1.15. The number of rotatable bonds is 3. The summed E-state index contributed by atoms with van der Waals surface area (Å²) in [6.45, 7) is 6.76. The quantitative estimate of drug-likeness (QED) is 0.519. The molecule has 0 aliphatic heterocycles. The van der Waals surface area contributed by atoms with Crippen LogP contribution < -0.4 is 0 Å². The fourth-order valence-electron chi connectivity index (χ4n) is 0.179. The first-order valence-electron chi connectivity index (χ1n) is 2.01. The van der Waals surface area contributed by atoms with Crippen LogP contribution in [0, 0.1) is 6.92 Å². The molecule has 1 unspecified atom stereocenters. The summed E-state index contributed by atoms with van der Waals surface area (Å²) in [7, 11) is 0. The van der Waals surface area contributed by atoms with Crippen LogP contribution in [0.3, 0.4) is 0 Å². The van der Waals surface area contributed by atoms with Gasteiger partial charge in [0.25, 0.3) is 0 Å². The molecule has 7 heavy (non-hydrogen) atoms. The van der Waals surface area contributed by atoms with Gasteiger partial charge in [0.05, 0.1) is 12.4 Å². The van der Waals surface area contributed by atoms with Crippen molar-refractivity contribution in [1.82, 2.24) is 0 Å². The average molecular weight is 101 g/mol. The Morgan fingerprint density at radius 2 is 2.43 bits per heavy atom. The van der Waals surface area contributed by atoms with Crippen molar-refractivity contribution in [3.8, 4) is 0 Å². The van der Waals surface area contributed by atoms with Gasteiger partial charge in [0.2, 0.25) is 0 Å².